The van der Waals surface area contributed by atoms with Crippen LogP contribution in [0.25, 0.3) is 0 Å². The van der Waals surface area contributed by atoms with Crippen LogP contribution < -0.4 is 14.9 Å². The van der Waals surface area contributed by atoms with Gasteiger partial charge >= 0.3 is 0 Å². The monoisotopic (exact) mass is 470 g/mol. The van der Waals surface area contributed by atoms with Gasteiger partial charge in [0.2, 0.25) is 0 Å². The minimum atomic E-state index is -0.317. The van der Waals surface area contributed by atoms with Crippen LogP contribution in [0.4, 0.5) is 4.39 Å². The molecule has 0 aliphatic heterocycles. The second-order valence-corrected chi connectivity index (χ2v) is 7.09. The van der Waals surface area contributed by atoms with Crippen LogP contribution in [-0.4, -0.2) is 18.7 Å². The molecule has 0 aliphatic rings. The summed E-state index contributed by atoms with van der Waals surface area (Å²) in [5.74, 6) is 0.517. The molecule has 1 N–H and O–H groups in total. The van der Waals surface area contributed by atoms with E-state index in [4.69, 9.17) is 9.47 Å². The largest absolute Gasteiger partial charge is 0.490 e. The van der Waals surface area contributed by atoms with Crippen molar-refractivity contribution in [3.05, 3.63) is 93.7 Å². The molecule has 0 spiro atoms. The van der Waals surface area contributed by atoms with Gasteiger partial charge in [0.05, 0.1) is 18.4 Å². The van der Waals surface area contributed by atoms with Crippen molar-refractivity contribution in [2.45, 2.75) is 13.5 Å². The van der Waals surface area contributed by atoms with Gasteiger partial charge in [0.15, 0.2) is 11.5 Å². The van der Waals surface area contributed by atoms with E-state index in [2.05, 4.69) is 26.5 Å². The fraction of sp³-hybridized carbons (Fsp3) is 0.130. The fourth-order valence-corrected chi connectivity index (χ4v) is 3.07. The van der Waals surface area contributed by atoms with Crippen LogP contribution in [-0.2, 0) is 6.61 Å². The highest BCUT2D eigenvalue weighted by Crippen LogP contribution is 2.29. The summed E-state index contributed by atoms with van der Waals surface area (Å²) in [6, 6.07) is 18.6. The average molecular weight is 471 g/mol. The average Bonchev–Trinajstić information content (AvgIpc) is 2.75. The second kappa shape index (κ2) is 10.5. The van der Waals surface area contributed by atoms with Crippen LogP contribution in [0.1, 0.15) is 28.4 Å². The Morgan fingerprint density at radius 3 is 2.57 bits per heavy atom. The molecule has 3 aromatic rings. The number of ether oxygens (including phenoxy) is 2. The van der Waals surface area contributed by atoms with Crippen LogP contribution in [0.5, 0.6) is 11.5 Å². The molecule has 3 aromatic carbocycles. The zero-order chi connectivity index (χ0) is 21.3. The highest BCUT2D eigenvalue weighted by molar-refractivity contribution is 9.10. The van der Waals surface area contributed by atoms with Gasteiger partial charge in [0.25, 0.3) is 5.91 Å². The molecule has 0 atom stereocenters. The van der Waals surface area contributed by atoms with Crippen molar-refractivity contribution >= 4 is 28.1 Å². The van der Waals surface area contributed by atoms with E-state index in [9.17, 15) is 9.18 Å². The van der Waals surface area contributed by atoms with E-state index in [1.165, 1.54) is 18.3 Å². The van der Waals surface area contributed by atoms with Crippen molar-refractivity contribution in [1.29, 1.82) is 0 Å². The lowest BCUT2D eigenvalue weighted by atomic mass is 10.2. The SMILES string of the molecule is CCOc1cc(/C=N\NC(=O)c2ccccc2Br)ccc1OCc1ccc(F)cc1. The van der Waals surface area contributed by atoms with Crippen LogP contribution >= 0.6 is 15.9 Å². The van der Waals surface area contributed by atoms with Gasteiger partial charge in [0, 0.05) is 4.47 Å². The molecule has 0 aliphatic carbocycles. The molecule has 0 saturated heterocycles. The number of nitrogens with one attached hydrogen (secondary N) is 1. The number of carbonyl (C=O) groups is 1. The molecule has 30 heavy (non-hydrogen) atoms. The van der Waals surface area contributed by atoms with E-state index in [0.717, 1.165) is 11.1 Å². The zero-order valence-electron chi connectivity index (χ0n) is 16.3. The van der Waals surface area contributed by atoms with Crippen LogP contribution in [0, 0.1) is 5.82 Å². The van der Waals surface area contributed by atoms with E-state index >= 15 is 0 Å². The Hall–Kier alpha value is -3.19. The van der Waals surface area contributed by atoms with Gasteiger partial charge in [-0.2, -0.15) is 5.10 Å². The molecule has 5 nitrogen and oxygen atoms in total. The number of halogens is 2. The number of hydrogen-bond donors (Lipinski definition) is 1. The topological polar surface area (TPSA) is 59.9 Å². The lowest BCUT2D eigenvalue weighted by molar-refractivity contribution is 0.0954. The van der Waals surface area contributed by atoms with Gasteiger partial charge in [-0.25, -0.2) is 9.82 Å². The predicted octanol–water partition coefficient (Wildman–Crippen LogP) is 5.33. The van der Waals surface area contributed by atoms with Crippen molar-refractivity contribution < 1.29 is 18.7 Å². The number of hydrazone groups is 1. The van der Waals surface area contributed by atoms with E-state index in [1.54, 1.807) is 48.5 Å². The zero-order valence-corrected chi connectivity index (χ0v) is 17.9. The molecule has 0 fully saturated rings. The minimum Gasteiger partial charge on any atom is -0.490 e. The Labute approximate surface area is 182 Å². The smallest absolute Gasteiger partial charge is 0.272 e. The molecule has 0 radical (unpaired) electrons. The maximum atomic E-state index is 13.0. The third kappa shape index (κ3) is 5.90. The second-order valence-electron chi connectivity index (χ2n) is 6.23. The number of rotatable bonds is 8. The minimum absolute atomic E-state index is 0.288. The van der Waals surface area contributed by atoms with E-state index in [0.29, 0.717) is 28.1 Å². The highest BCUT2D eigenvalue weighted by atomic mass is 79.9. The molecule has 0 bridgehead atoms. The lowest BCUT2D eigenvalue weighted by Gasteiger charge is -2.12. The lowest BCUT2D eigenvalue weighted by Crippen LogP contribution is -2.18. The molecular formula is C23H20BrFN2O3. The van der Waals surface area contributed by atoms with Gasteiger partial charge in [-0.05, 0) is 76.4 Å². The molecule has 0 heterocycles. The van der Waals surface area contributed by atoms with Gasteiger partial charge in [0.1, 0.15) is 12.4 Å². The Bertz CT molecular complexity index is 1040. The molecule has 7 heteroatoms. The standard InChI is InChI=1S/C23H20BrFN2O3/c1-2-29-22-13-17(14-26-27-23(28)19-5-3-4-6-20(19)24)9-12-21(22)30-15-16-7-10-18(25)11-8-16/h3-14H,2,15H2,1H3,(H,27,28)/b26-14-. The van der Waals surface area contributed by atoms with Crippen molar-refractivity contribution in [3.8, 4) is 11.5 Å². The molecule has 3 rings (SSSR count). The summed E-state index contributed by atoms with van der Waals surface area (Å²) in [6.07, 6.45) is 1.53. The van der Waals surface area contributed by atoms with Crippen LogP contribution in [0.15, 0.2) is 76.3 Å². The summed E-state index contributed by atoms with van der Waals surface area (Å²) in [7, 11) is 0. The first-order valence-corrected chi connectivity index (χ1v) is 10.1. The summed E-state index contributed by atoms with van der Waals surface area (Å²) in [6.45, 7) is 2.63. The first-order chi connectivity index (χ1) is 14.6. The van der Waals surface area contributed by atoms with Gasteiger partial charge in [-0.15, -0.1) is 0 Å². The van der Waals surface area contributed by atoms with Crippen molar-refractivity contribution in [1.82, 2.24) is 5.43 Å². The summed E-state index contributed by atoms with van der Waals surface area (Å²) in [5, 5.41) is 4.01. The molecule has 154 valence electrons. The van der Waals surface area contributed by atoms with Gasteiger partial charge < -0.3 is 9.47 Å². The molecule has 0 unspecified atom stereocenters. The third-order valence-electron chi connectivity index (χ3n) is 4.07. The Balaban J connectivity index is 1.66. The normalized spacial score (nSPS) is 10.8. The summed E-state index contributed by atoms with van der Waals surface area (Å²) in [4.78, 5) is 12.2. The third-order valence-corrected chi connectivity index (χ3v) is 4.76. The van der Waals surface area contributed by atoms with Crippen LogP contribution in [0.3, 0.4) is 0 Å². The van der Waals surface area contributed by atoms with E-state index in [-0.39, 0.29) is 18.3 Å². The maximum Gasteiger partial charge on any atom is 0.272 e. The molecule has 1 amide bonds. The van der Waals surface area contributed by atoms with Crippen LogP contribution in [0.2, 0.25) is 0 Å². The number of amides is 1. The quantitative estimate of drug-likeness (QED) is 0.357. The predicted molar refractivity (Wildman–Crippen MR) is 118 cm³/mol. The Morgan fingerprint density at radius 2 is 1.83 bits per heavy atom. The van der Waals surface area contributed by atoms with Crippen molar-refractivity contribution in [3.63, 3.8) is 0 Å². The Kier molecular flexibility index (Phi) is 7.57. The van der Waals surface area contributed by atoms with Gasteiger partial charge in [-0.1, -0.05) is 24.3 Å². The van der Waals surface area contributed by atoms with Gasteiger partial charge in [-0.3, -0.25) is 4.79 Å². The molecular weight excluding hydrogens is 451 g/mol. The number of benzene rings is 3. The number of nitrogens with zero attached hydrogens (tertiary/aromatic N) is 1. The summed E-state index contributed by atoms with van der Waals surface area (Å²) < 4.78 is 25.2. The first-order valence-electron chi connectivity index (χ1n) is 9.29. The fourth-order valence-electron chi connectivity index (χ4n) is 2.61. The Morgan fingerprint density at radius 1 is 1.07 bits per heavy atom. The van der Waals surface area contributed by atoms with Crippen molar-refractivity contribution in [2.24, 2.45) is 5.10 Å². The maximum absolute atomic E-state index is 13.0. The summed E-state index contributed by atoms with van der Waals surface area (Å²) >= 11 is 3.34. The number of hydrogen-bond acceptors (Lipinski definition) is 4. The van der Waals surface area contributed by atoms with E-state index < -0.39 is 0 Å². The summed E-state index contributed by atoms with van der Waals surface area (Å²) in [5.41, 5.74) is 4.58. The molecule has 0 aromatic heterocycles. The van der Waals surface area contributed by atoms with Crippen molar-refractivity contribution in [2.75, 3.05) is 6.61 Å². The highest BCUT2D eigenvalue weighted by Gasteiger charge is 2.09. The molecule has 0 saturated carbocycles. The number of carbonyl (C=O) groups excluding carboxylic acids is 1. The first kappa shape index (κ1) is 21.5. The van der Waals surface area contributed by atoms with E-state index in [1.807, 2.05) is 13.0 Å².